The number of thiophene rings is 1. The van der Waals surface area contributed by atoms with Crippen LogP contribution in [0.5, 0.6) is 5.75 Å². The molecule has 0 aliphatic carbocycles. The molecule has 0 fully saturated rings. The van der Waals surface area contributed by atoms with Gasteiger partial charge in [0.1, 0.15) is 12.4 Å². The fraction of sp³-hybridized carbons (Fsp3) is 0.136. The Kier molecular flexibility index (Phi) is 6.39. The molecular formula is C22H18F3NO2S. The van der Waals surface area contributed by atoms with Crippen LogP contribution in [0.15, 0.2) is 66.1 Å². The van der Waals surface area contributed by atoms with Crippen LogP contribution < -0.4 is 10.1 Å². The van der Waals surface area contributed by atoms with E-state index >= 15 is 0 Å². The standard InChI is InChI=1S/C22H18F3NO2S/c1-2-6-16-7-3-4-10-19(16)28-13-15-11-20(29-14-15)21(27)26-18-9-5-8-17(12-18)22(23,24)25/h2-12,14H,13H2,1H3,(H,26,27)/b6-2+. The average Bonchev–Trinajstić information content (AvgIpc) is 3.16. The van der Waals surface area contributed by atoms with Gasteiger partial charge in [-0.05, 0) is 42.6 Å². The molecule has 150 valence electrons. The molecule has 0 radical (unpaired) electrons. The molecule has 0 unspecified atom stereocenters. The van der Waals surface area contributed by atoms with Crippen molar-refractivity contribution in [3.05, 3.63) is 87.6 Å². The lowest BCUT2D eigenvalue weighted by atomic mass is 10.2. The van der Waals surface area contributed by atoms with Crippen LogP contribution in [0.25, 0.3) is 6.08 Å². The molecule has 0 atom stereocenters. The molecule has 1 aromatic heterocycles. The summed E-state index contributed by atoms with van der Waals surface area (Å²) >= 11 is 1.21. The molecule has 3 aromatic rings. The third kappa shape index (κ3) is 5.48. The van der Waals surface area contributed by atoms with Gasteiger partial charge in [0.25, 0.3) is 5.91 Å². The Morgan fingerprint density at radius 3 is 2.69 bits per heavy atom. The molecule has 1 heterocycles. The Labute approximate surface area is 170 Å². The molecule has 29 heavy (non-hydrogen) atoms. The highest BCUT2D eigenvalue weighted by Gasteiger charge is 2.30. The number of alkyl halides is 3. The van der Waals surface area contributed by atoms with E-state index in [4.69, 9.17) is 4.74 Å². The minimum absolute atomic E-state index is 0.0938. The fourth-order valence-corrected chi connectivity index (χ4v) is 3.42. The zero-order valence-electron chi connectivity index (χ0n) is 15.5. The topological polar surface area (TPSA) is 38.3 Å². The van der Waals surface area contributed by atoms with Crippen molar-refractivity contribution in [2.45, 2.75) is 19.7 Å². The van der Waals surface area contributed by atoms with Crippen LogP contribution in [-0.2, 0) is 12.8 Å². The second-order valence-electron chi connectivity index (χ2n) is 6.18. The maximum atomic E-state index is 12.8. The van der Waals surface area contributed by atoms with E-state index in [-0.39, 0.29) is 12.3 Å². The number of allylic oxidation sites excluding steroid dienone is 1. The number of hydrogen-bond donors (Lipinski definition) is 1. The summed E-state index contributed by atoms with van der Waals surface area (Å²) in [7, 11) is 0. The van der Waals surface area contributed by atoms with E-state index in [9.17, 15) is 18.0 Å². The van der Waals surface area contributed by atoms with E-state index in [0.717, 1.165) is 29.0 Å². The number of para-hydroxylation sites is 1. The first-order chi connectivity index (χ1) is 13.9. The quantitative estimate of drug-likeness (QED) is 0.489. The number of hydrogen-bond acceptors (Lipinski definition) is 3. The van der Waals surface area contributed by atoms with Crippen molar-refractivity contribution in [3.8, 4) is 5.75 Å². The van der Waals surface area contributed by atoms with Crippen molar-refractivity contribution >= 4 is 29.0 Å². The van der Waals surface area contributed by atoms with Crippen LogP contribution in [0.3, 0.4) is 0 Å². The van der Waals surface area contributed by atoms with E-state index in [1.165, 1.54) is 23.5 Å². The van der Waals surface area contributed by atoms with Crippen molar-refractivity contribution in [3.63, 3.8) is 0 Å². The zero-order chi connectivity index (χ0) is 20.9. The fourth-order valence-electron chi connectivity index (χ4n) is 2.63. The van der Waals surface area contributed by atoms with Crippen molar-refractivity contribution < 1.29 is 22.7 Å². The van der Waals surface area contributed by atoms with Gasteiger partial charge >= 0.3 is 6.18 Å². The largest absolute Gasteiger partial charge is 0.488 e. The molecule has 1 amide bonds. The summed E-state index contributed by atoms with van der Waals surface area (Å²) in [4.78, 5) is 12.8. The van der Waals surface area contributed by atoms with Gasteiger partial charge in [-0.15, -0.1) is 11.3 Å². The molecule has 2 aromatic carbocycles. The smallest absolute Gasteiger partial charge is 0.416 e. The Hall–Kier alpha value is -3.06. The molecule has 0 aliphatic rings. The molecule has 0 saturated carbocycles. The molecule has 0 saturated heterocycles. The second-order valence-corrected chi connectivity index (χ2v) is 7.09. The maximum absolute atomic E-state index is 12.8. The van der Waals surface area contributed by atoms with E-state index in [1.54, 1.807) is 11.4 Å². The molecule has 1 N–H and O–H groups in total. The van der Waals surface area contributed by atoms with E-state index in [1.807, 2.05) is 43.3 Å². The van der Waals surface area contributed by atoms with Crippen LogP contribution in [-0.4, -0.2) is 5.91 Å². The first-order valence-corrected chi connectivity index (χ1v) is 9.65. The van der Waals surface area contributed by atoms with Gasteiger partial charge in [0, 0.05) is 16.8 Å². The van der Waals surface area contributed by atoms with Gasteiger partial charge in [-0.3, -0.25) is 4.79 Å². The monoisotopic (exact) mass is 417 g/mol. The SMILES string of the molecule is C/C=C/c1ccccc1OCc1csc(C(=O)Nc2cccc(C(F)(F)F)c2)c1. The van der Waals surface area contributed by atoms with E-state index < -0.39 is 17.6 Å². The summed E-state index contributed by atoms with van der Waals surface area (Å²) in [5.74, 6) is 0.265. The Balaban J connectivity index is 1.65. The van der Waals surface area contributed by atoms with E-state index in [2.05, 4.69) is 5.32 Å². The summed E-state index contributed by atoms with van der Waals surface area (Å²) in [6.45, 7) is 2.20. The van der Waals surface area contributed by atoms with Crippen LogP contribution in [0.4, 0.5) is 18.9 Å². The van der Waals surface area contributed by atoms with Gasteiger partial charge in [0.15, 0.2) is 0 Å². The Morgan fingerprint density at radius 2 is 1.93 bits per heavy atom. The number of carbonyl (C=O) groups is 1. The summed E-state index contributed by atoms with van der Waals surface area (Å²) in [6.07, 6.45) is -0.600. The van der Waals surface area contributed by atoms with Crippen LogP contribution in [0, 0.1) is 0 Å². The summed E-state index contributed by atoms with van der Waals surface area (Å²) in [5, 5.41) is 4.30. The molecule has 0 aliphatic heterocycles. The number of anilines is 1. The third-order valence-corrected chi connectivity index (χ3v) is 4.96. The predicted octanol–water partition coefficient (Wildman–Crippen LogP) is 6.63. The van der Waals surface area contributed by atoms with Crippen LogP contribution >= 0.6 is 11.3 Å². The Bertz CT molecular complexity index is 1020. The van der Waals surface area contributed by atoms with Crippen molar-refractivity contribution in [2.24, 2.45) is 0 Å². The van der Waals surface area contributed by atoms with Crippen LogP contribution in [0.2, 0.25) is 0 Å². The Morgan fingerprint density at radius 1 is 1.14 bits per heavy atom. The molecule has 3 nitrogen and oxygen atoms in total. The summed E-state index contributed by atoms with van der Waals surface area (Å²) in [6, 6.07) is 13.8. The zero-order valence-corrected chi connectivity index (χ0v) is 16.3. The number of halogens is 3. The average molecular weight is 417 g/mol. The minimum atomic E-state index is -4.46. The highest BCUT2D eigenvalue weighted by Crippen LogP contribution is 2.31. The third-order valence-electron chi connectivity index (χ3n) is 3.98. The van der Waals surface area contributed by atoms with Gasteiger partial charge < -0.3 is 10.1 Å². The first kappa shape index (κ1) is 20.7. The van der Waals surface area contributed by atoms with Gasteiger partial charge in [0.2, 0.25) is 0 Å². The number of rotatable bonds is 6. The van der Waals surface area contributed by atoms with Gasteiger partial charge in [-0.1, -0.05) is 36.4 Å². The number of benzene rings is 2. The summed E-state index contributed by atoms with van der Waals surface area (Å²) < 4.78 is 44.3. The lowest BCUT2D eigenvalue weighted by molar-refractivity contribution is -0.137. The highest BCUT2D eigenvalue weighted by atomic mass is 32.1. The van der Waals surface area contributed by atoms with Gasteiger partial charge in [0.05, 0.1) is 10.4 Å². The molecular weight excluding hydrogens is 399 g/mol. The first-order valence-electron chi connectivity index (χ1n) is 8.77. The molecule has 0 bridgehead atoms. The van der Waals surface area contributed by atoms with Gasteiger partial charge in [-0.2, -0.15) is 13.2 Å². The highest BCUT2D eigenvalue weighted by molar-refractivity contribution is 7.12. The van der Waals surface area contributed by atoms with Crippen molar-refractivity contribution in [2.75, 3.05) is 5.32 Å². The van der Waals surface area contributed by atoms with Crippen LogP contribution in [0.1, 0.15) is 33.3 Å². The van der Waals surface area contributed by atoms with E-state index in [0.29, 0.717) is 4.88 Å². The van der Waals surface area contributed by atoms with Crippen molar-refractivity contribution in [1.29, 1.82) is 0 Å². The predicted molar refractivity (Wildman–Crippen MR) is 109 cm³/mol. The maximum Gasteiger partial charge on any atom is 0.416 e. The molecule has 0 spiro atoms. The number of amides is 1. The number of nitrogens with one attached hydrogen (secondary N) is 1. The molecule has 7 heteroatoms. The number of ether oxygens (including phenoxy) is 1. The lowest BCUT2D eigenvalue weighted by Gasteiger charge is -2.09. The summed E-state index contributed by atoms with van der Waals surface area (Å²) in [5.41, 5.74) is 1.04. The molecule has 3 rings (SSSR count). The minimum Gasteiger partial charge on any atom is -0.488 e. The normalized spacial score (nSPS) is 11.6. The lowest BCUT2D eigenvalue weighted by Crippen LogP contribution is -2.12. The van der Waals surface area contributed by atoms with Gasteiger partial charge in [-0.25, -0.2) is 0 Å². The number of carbonyl (C=O) groups excluding carboxylic acids is 1. The second kappa shape index (κ2) is 8.96. The van der Waals surface area contributed by atoms with Crippen molar-refractivity contribution in [1.82, 2.24) is 0 Å².